The maximum Gasteiger partial charge on any atom is 0.252 e. The molecule has 2 aromatic rings. The number of aromatic nitrogens is 1. The first-order valence-electron chi connectivity index (χ1n) is 4.81. The predicted molar refractivity (Wildman–Crippen MR) is 61.9 cm³/mol. The van der Waals surface area contributed by atoms with E-state index in [9.17, 15) is 9.90 Å². The van der Waals surface area contributed by atoms with Crippen LogP contribution < -0.4 is 10.9 Å². The molecule has 6 nitrogen and oxygen atoms in total. The van der Waals surface area contributed by atoms with Crippen LogP contribution >= 0.6 is 0 Å². The number of fused-ring (bicyclic) bond motifs is 1. The van der Waals surface area contributed by atoms with E-state index in [1.54, 1.807) is 6.08 Å². The van der Waals surface area contributed by atoms with Gasteiger partial charge in [0.1, 0.15) is 17.1 Å². The van der Waals surface area contributed by atoms with Crippen LogP contribution in [-0.2, 0) is 0 Å². The van der Waals surface area contributed by atoms with Crippen molar-refractivity contribution in [1.29, 1.82) is 5.26 Å². The van der Waals surface area contributed by atoms with Crippen molar-refractivity contribution in [3.05, 3.63) is 34.6 Å². The number of rotatable bonds is 3. The fourth-order valence-electron chi connectivity index (χ4n) is 1.48. The number of pyridine rings is 1. The fraction of sp³-hybridized carbons (Fsp3) is 0.0909. The zero-order valence-electron chi connectivity index (χ0n) is 8.78. The molecule has 0 fully saturated rings. The Morgan fingerprint density at radius 2 is 2.47 bits per heavy atom. The predicted octanol–water partition coefficient (Wildman–Crippen LogP) is 1.30. The smallest absolute Gasteiger partial charge is 0.252 e. The van der Waals surface area contributed by atoms with Gasteiger partial charge in [-0.25, -0.2) is 0 Å². The third-order valence-electron chi connectivity index (χ3n) is 2.18. The van der Waals surface area contributed by atoms with Gasteiger partial charge < -0.3 is 19.8 Å². The Balaban J connectivity index is 2.71. The van der Waals surface area contributed by atoms with Crippen molar-refractivity contribution >= 4 is 17.0 Å². The number of H-pyrrole nitrogens is 1. The van der Waals surface area contributed by atoms with Crippen LogP contribution in [0.25, 0.3) is 11.1 Å². The van der Waals surface area contributed by atoms with Gasteiger partial charge in [-0.2, -0.15) is 5.26 Å². The fourth-order valence-corrected chi connectivity index (χ4v) is 1.48. The zero-order valence-corrected chi connectivity index (χ0v) is 8.78. The standard InChI is InChI=1S/C11H9N3O3/c1-2-3-13-11-6(5-12)9-10(17-11)7(15)4-8(16)14-9/h2,4,13H,1,3H2,(H2,14,15,16). The van der Waals surface area contributed by atoms with E-state index in [2.05, 4.69) is 16.9 Å². The number of nitrogens with zero attached hydrogens (tertiary/aromatic N) is 1. The number of hydrogen-bond donors (Lipinski definition) is 3. The Morgan fingerprint density at radius 1 is 1.71 bits per heavy atom. The topological polar surface area (TPSA) is 102 Å². The molecule has 0 aliphatic rings. The molecule has 0 saturated carbocycles. The number of aromatic amines is 1. The molecule has 0 radical (unpaired) electrons. The molecule has 0 aromatic carbocycles. The van der Waals surface area contributed by atoms with Gasteiger partial charge in [-0.15, -0.1) is 6.58 Å². The molecule has 17 heavy (non-hydrogen) atoms. The Morgan fingerprint density at radius 3 is 3.12 bits per heavy atom. The molecule has 86 valence electrons. The number of furan rings is 1. The molecule has 2 heterocycles. The van der Waals surface area contributed by atoms with Gasteiger partial charge in [0.05, 0.1) is 0 Å². The molecule has 2 aromatic heterocycles. The van der Waals surface area contributed by atoms with Crippen LogP contribution in [0.3, 0.4) is 0 Å². The van der Waals surface area contributed by atoms with E-state index in [0.717, 1.165) is 6.07 Å². The van der Waals surface area contributed by atoms with E-state index >= 15 is 0 Å². The largest absolute Gasteiger partial charge is 0.504 e. The Bertz CT molecular complexity index is 676. The van der Waals surface area contributed by atoms with Crippen LogP contribution in [0.5, 0.6) is 5.75 Å². The highest BCUT2D eigenvalue weighted by Crippen LogP contribution is 2.31. The van der Waals surface area contributed by atoms with Crippen molar-refractivity contribution in [2.24, 2.45) is 0 Å². The first kappa shape index (κ1) is 10.8. The molecule has 0 amide bonds. The van der Waals surface area contributed by atoms with Crippen LogP contribution in [0.4, 0.5) is 5.88 Å². The molecular formula is C11H9N3O3. The number of nitriles is 1. The minimum atomic E-state index is -0.498. The number of aromatic hydroxyl groups is 1. The first-order chi connectivity index (χ1) is 8.17. The second-order valence-electron chi connectivity index (χ2n) is 3.31. The lowest BCUT2D eigenvalue weighted by Crippen LogP contribution is -2.03. The quantitative estimate of drug-likeness (QED) is 0.691. The van der Waals surface area contributed by atoms with Crippen molar-refractivity contribution in [1.82, 2.24) is 4.98 Å². The molecule has 3 N–H and O–H groups in total. The van der Waals surface area contributed by atoms with Gasteiger partial charge in [-0.05, 0) is 0 Å². The van der Waals surface area contributed by atoms with Crippen molar-refractivity contribution in [3.8, 4) is 11.8 Å². The van der Waals surface area contributed by atoms with E-state index in [1.807, 2.05) is 6.07 Å². The summed E-state index contributed by atoms with van der Waals surface area (Å²) >= 11 is 0. The molecule has 0 spiro atoms. The molecule has 0 atom stereocenters. The minimum absolute atomic E-state index is 0.0766. The average molecular weight is 231 g/mol. The van der Waals surface area contributed by atoms with Crippen molar-refractivity contribution in [2.75, 3.05) is 11.9 Å². The Hall–Kier alpha value is -2.68. The molecule has 0 unspecified atom stereocenters. The Kier molecular flexibility index (Phi) is 2.58. The summed E-state index contributed by atoms with van der Waals surface area (Å²) in [5.41, 5.74) is -0.0887. The molecule has 0 aliphatic heterocycles. The monoisotopic (exact) mass is 231 g/mol. The maximum absolute atomic E-state index is 11.2. The normalized spacial score (nSPS) is 10.1. The summed E-state index contributed by atoms with van der Waals surface area (Å²) < 4.78 is 5.28. The summed E-state index contributed by atoms with van der Waals surface area (Å²) in [5.74, 6) is -0.105. The molecular weight excluding hydrogens is 222 g/mol. The van der Waals surface area contributed by atoms with E-state index in [0.29, 0.717) is 6.54 Å². The van der Waals surface area contributed by atoms with Crippen LogP contribution in [0.15, 0.2) is 27.9 Å². The molecule has 0 saturated heterocycles. The van der Waals surface area contributed by atoms with Crippen molar-refractivity contribution in [3.63, 3.8) is 0 Å². The Labute approximate surface area is 95.8 Å². The van der Waals surface area contributed by atoms with Gasteiger partial charge in [-0.1, -0.05) is 6.08 Å². The van der Waals surface area contributed by atoms with E-state index < -0.39 is 5.56 Å². The number of anilines is 1. The van der Waals surface area contributed by atoms with Crippen molar-refractivity contribution in [2.45, 2.75) is 0 Å². The van der Waals surface area contributed by atoms with Crippen LogP contribution in [0, 0.1) is 11.3 Å². The average Bonchev–Trinajstić information content (AvgIpc) is 2.64. The summed E-state index contributed by atoms with van der Waals surface area (Å²) in [7, 11) is 0. The van der Waals surface area contributed by atoms with Crippen LogP contribution in [0.1, 0.15) is 5.56 Å². The highest BCUT2D eigenvalue weighted by Gasteiger charge is 2.17. The van der Waals surface area contributed by atoms with Gasteiger partial charge in [0, 0.05) is 12.6 Å². The van der Waals surface area contributed by atoms with E-state index in [4.69, 9.17) is 9.68 Å². The van der Waals surface area contributed by atoms with Gasteiger partial charge in [0.2, 0.25) is 5.88 Å². The van der Waals surface area contributed by atoms with Gasteiger partial charge >= 0.3 is 0 Å². The SMILES string of the molecule is C=CCNc1oc2c(O)cc(=O)[nH]c2c1C#N. The summed E-state index contributed by atoms with van der Waals surface area (Å²) in [5, 5.41) is 21.4. The lowest BCUT2D eigenvalue weighted by molar-refractivity contribution is 0.465. The third kappa shape index (κ3) is 1.74. The summed E-state index contributed by atoms with van der Waals surface area (Å²) in [4.78, 5) is 13.6. The summed E-state index contributed by atoms with van der Waals surface area (Å²) in [6, 6.07) is 2.90. The van der Waals surface area contributed by atoms with Crippen molar-refractivity contribution < 1.29 is 9.52 Å². The molecule has 6 heteroatoms. The van der Waals surface area contributed by atoms with Crippen LogP contribution in [0.2, 0.25) is 0 Å². The zero-order chi connectivity index (χ0) is 12.4. The molecule has 0 bridgehead atoms. The second kappa shape index (κ2) is 4.06. The number of hydrogen-bond acceptors (Lipinski definition) is 5. The maximum atomic E-state index is 11.2. The van der Waals surface area contributed by atoms with Crippen LogP contribution in [-0.4, -0.2) is 16.6 Å². The second-order valence-corrected chi connectivity index (χ2v) is 3.31. The molecule has 0 aliphatic carbocycles. The summed E-state index contributed by atoms with van der Waals surface area (Å²) in [6.45, 7) is 3.92. The highest BCUT2D eigenvalue weighted by molar-refractivity contribution is 5.88. The minimum Gasteiger partial charge on any atom is -0.504 e. The lowest BCUT2D eigenvalue weighted by atomic mass is 10.2. The third-order valence-corrected chi connectivity index (χ3v) is 2.18. The molecule has 2 rings (SSSR count). The lowest BCUT2D eigenvalue weighted by Gasteiger charge is -1.96. The van der Waals surface area contributed by atoms with Gasteiger partial charge in [-0.3, -0.25) is 4.79 Å². The first-order valence-corrected chi connectivity index (χ1v) is 4.81. The number of nitrogens with one attached hydrogen (secondary N) is 2. The summed E-state index contributed by atoms with van der Waals surface area (Å²) in [6.07, 6.45) is 1.59. The van der Waals surface area contributed by atoms with Gasteiger partial charge in [0.25, 0.3) is 5.56 Å². The van der Waals surface area contributed by atoms with E-state index in [-0.39, 0.29) is 28.3 Å². The highest BCUT2D eigenvalue weighted by atomic mass is 16.4. The van der Waals surface area contributed by atoms with E-state index in [1.165, 1.54) is 0 Å². The van der Waals surface area contributed by atoms with Gasteiger partial charge in [0.15, 0.2) is 11.3 Å².